The number of ether oxygens (including phenoxy) is 1. The molecule has 0 radical (unpaired) electrons. The maximum atomic E-state index is 13.2. The number of carbonyl (C=O) groups excluding carboxylic acids is 2. The first kappa shape index (κ1) is 23.7. The fourth-order valence-electron chi connectivity index (χ4n) is 5.61. The summed E-state index contributed by atoms with van der Waals surface area (Å²) in [5.41, 5.74) is 4.12. The first-order valence-corrected chi connectivity index (χ1v) is 13.1. The number of nitrogens with one attached hydrogen (secondary N) is 1. The van der Waals surface area contributed by atoms with E-state index in [1.807, 2.05) is 54.6 Å². The van der Waals surface area contributed by atoms with Gasteiger partial charge in [0.05, 0.1) is 23.6 Å². The Balaban J connectivity index is 1.45. The van der Waals surface area contributed by atoms with Gasteiger partial charge in [0.1, 0.15) is 0 Å². The van der Waals surface area contributed by atoms with Crippen LogP contribution >= 0.6 is 11.3 Å². The van der Waals surface area contributed by atoms with E-state index in [0.29, 0.717) is 26.1 Å². The number of benzene rings is 1. The monoisotopic (exact) mass is 489 g/mol. The predicted molar refractivity (Wildman–Crippen MR) is 136 cm³/mol. The normalized spacial score (nSPS) is 20.6. The number of aromatic nitrogens is 1. The highest BCUT2D eigenvalue weighted by Gasteiger charge is 2.54. The van der Waals surface area contributed by atoms with Gasteiger partial charge in [-0.15, -0.1) is 11.3 Å². The molecular formula is C28H31N3O3S. The lowest BCUT2D eigenvalue weighted by Crippen LogP contribution is -2.52. The van der Waals surface area contributed by atoms with Gasteiger partial charge >= 0.3 is 0 Å². The second-order valence-corrected chi connectivity index (χ2v) is 10.4. The van der Waals surface area contributed by atoms with Crippen molar-refractivity contribution in [1.82, 2.24) is 15.2 Å². The average Bonchev–Trinajstić information content (AvgIpc) is 3.43. The number of aryl methyl sites for hydroxylation is 1. The van der Waals surface area contributed by atoms with Gasteiger partial charge in [-0.2, -0.15) is 0 Å². The minimum Gasteiger partial charge on any atom is -0.370 e. The predicted octanol–water partition coefficient (Wildman–Crippen LogP) is 4.79. The van der Waals surface area contributed by atoms with Crippen molar-refractivity contribution in [3.8, 4) is 0 Å². The zero-order valence-corrected chi connectivity index (χ0v) is 21.0. The zero-order chi connectivity index (χ0) is 24.4. The van der Waals surface area contributed by atoms with Crippen molar-refractivity contribution in [2.75, 3.05) is 13.1 Å². The zero-order valence-electron chi connectivity index (χ0n) is 20.2. The fraction of sp³-hybridized carbons (Fsp3) is 0.393. The number of rotatable bonds is 6. The Morgan fingerprint density at radius 2 is 1.97 bits per heavy atom. The van der Waals surface area contributed by atoms with Gasteiger partial charge in [0, 0.05) is 37.3 Å². The molecule has 0 bridgehead atoms. The second-order valence-electron chi connectivity index (χ2n) is 9.46. The number of nitrogens with zero attached hydrogens (tertiary/aromatic N) is 2. The summed E-state index contributed by atoms with van der Waals surface area (Å²) in [5.74, 6) is 0.125. The lowest BCUT2D eigenvalue weighted by Gasteiger charge is -2.44. The van der Waals surface area contributed by atoms with Crippen molar-refractivity contribution in [3.05, 3.63) is 87.4 Å². The van der Waals surface area contributed by atoms with Crippen molar-refractivity contribution in [1.29, 1.82) is 0 Å². The van der Waals surface area contributed by atoms with Crippen LogP contribution in [0.1, 0.15) is 64.2 Å². The summed E-state index contributed by atoms with van der Waals surface area (Å²) in [5, 5.41) is 5.22. The molecule has 5 rings (SSSR count). The first-order valence-electron chi connectivity index (χ1n) is 12.3. The number of hydrogen-bond acceptors (Lipinski definition) is 5. The molecule has 1 aliphatic carbocycles. The van der Waals surface area contributed by atoms with Gasteiger partial charge in [-0.1, -0.05) is 37.3 Å². The third-order valence-electron chi connectivity index (χ3n) is 7.47. The highest BCUT2D eigenvalue weighted by atomic mass is 32.1. The molecule has 2 amide bonds. The third kappa shape index (κ3) is 4.39. The number of piperidine rings is 1. The molecule has 182 valence electrons. The van der Waals surface area contributed by atoms with Crippen LogP contribution in [0.25, 0.3) is 0 Å². The van der Waals surface area contributed by atoms with Gasteiger partial charge in [0.2, 0.25) is 5.91 Å². The average molecular weight is 490 g/mol. The molecule has 1 N–H and O–H groups in total. The number of amides is 2. The van der Waals surface area contributed by atoms with E-state index in [1.165, 1.54) is 16.9 Å². The number of carbonyl (C=O) groups is 2. The van der Waals surface area contributed by atoms with Crippen LogP contribution in [0.15, 0.2) is 60.2 Å². The Hall–Kier alpha value is -3.03. The molecule has 3 heterocycles. The topological polar surface area (TPSA) is 71.5 Å². The Bertz CT molecular complexity index is 1200. The second kappa shape index (κ2) is 9.91. The van der Waals surface area contributed by atoms with E-state index in [1.54, 1.807) is 6.20 Å². The summed E-state index contributed by atoms with van der Waals surface area (Å²) in [6.07, 6.45) is 5.34. The number of fused-ring (bicyclic) bond motifs is 2. The van der Waals surface area contributed by atoms with Crippen molar-refractivity contribution in [2.45, 2.75) is 57.3 Å². The smallest absolute Gasteiger partial charge is 0.264 e. The van der Waals surface area contributed by atoms with Crippen LogP contribution in [0, 0.1) is 6.92 Å². The van der Waals surface area contributed by atoms with Gasteiger partial charge < -0.3 is 15.0 Å². The Kier molecular flexibility index (Phi) is 6.71. The van der Waals surface area contributed by atoms with E-state index in [9.17, 15) is 9.59 Å². The summed E-state index contributed by atoms with van der Waals surface area (Å²) in [6.45, 7) is 5.60. The van der Waals surface area contributed by atoms with Crippen molar-refractivity contribution in [3.63, 3.8) is 0 Å². The van der Waals surface area contributed by atoms with E-state index in [0.717, 1.165) is 34.4 Å². The minimum atomic E-state index is -0.272. The van der Waals surface area contributed by atoms with Gasteiger partial charge in [-0.3, -0.25) is 14.6 Å². The van der Waals surface area contributed by atoms with E-state index in [2.05, 4.69) is 28.5 Å². The summed E-state index contributed by atoms with van der Waals surface area (Å²) >= 11 is 1.51. The molecule has 2 atom stereocenters. The molecule has 3 aromatic rings. The molecule has 6 nitrogen and oxygen atoms in total. The maximum Gasteiger partial charge on any atom is 0.264 e. The molecule has 1 aliphatic heterocycles. The first-order chi connectivity index (χ1) is 17.0. The van der Waals surface area contributed by atoms with Crippen LogP contribution in [0.3, 0.4) is 0 Å². The highest BCUT2D eigenvalue weighted by molar-refractivity contribution is 7.12. The van der Waals surface area contributed by atoms with Crippen molar-refractivity contribution < 1.29 is 14.3 Å². The molecule has 1 aromatic carbocycles. The summed E-state index contributed by atoms with van der Waals surface area (Å²) in [4.78, 5) is 32.8. The largest absolute Gasteiger partial charge is 0.370 e. The molecular weight excluding hydrogens is 458 g/mol. The van der Waals surface area contributed by atoms with Crippen LogP contribution in [-0.4, -0.2) is 40.9 Å². The van der Waals surface area contributed by atoms with Crippen molar-refractivity contribution >= 4 is 23.2 Å². The molecule has 0 unspecified atom stereocenters. The van der Waals surface area contributed by atoms with Gasteiger partial charge in [0.25, 0.3) is 5.91 Å². The molecule has 2 aliphatic rings. The number of hydrogen-bond donors (Lipinski definition) is 1. The molecule has 1 spiro atoms. The number of thiophene rings is 1. The van der Waals surface area contributed by atoms with Crippen LogP contribution in [0.5, 0.6) is 0 Å². The van der Waals surface area contributed by atoms with Gasteiger partial charge in [-0.25, -0.2) is 0 Å². The standard InChI is InChI=1S/C28H31N3O3S/c1-3-23(32)30-24-21-8-4-5-9-22(21)28(26(24)34-18-20-7-6-13-29-17-20)11-14-31(15-12-28)27(33)25-19(2)10-16-35-25/h4-10,13,16-17,24,26H,3,11-12,14-15,18H2,1-2H3,(H,30,32)/t24-,26+/m1/s1. The molecule has 2 aromatic heterocycles. The molecule has 1 fully saturated rings. The fourth-order valence-corrected chi connectivity index (χ4v) is 6.50. The molecule has 1 saturated heterocycles. The van der Waals surface area contributed by atoms with Gasteiger partial charge in [-0.05, 0) is 59.5 Å². The van der Waals surface area contributed by atoms with E-state index < -0.39 is 0 Å². The van der Waals surface area contributed by atoms with Crippen molar-refractivity contribution in [2.24, 2.45) is 0 Å². The van der Waals surface area contributed by atoms with E-state index >= 15 is 0 Å². The van der Waals surface area contributed by atoms with E-state index in [4.69, 9.17) is 4.74 Å². The Morgan fingerprint density at radius 3 is 2.66 bits per heavy atom. The lowest BCUT2D eigenvalue weighted by atomic mass is 9.71. The van der Waals surface area contributed by atoms with Gasteiger partial charge in [0.15, 0.2) is 0 Å². The Morgan fingerprint density at radius 1 is 1.17 bits per heavy atom. The Labute approximate surface area is 210 Å². The van der Waals surface area contributed by atoms with Crippen LogP contribution in [0.4, 0.5) is 0 Å². The molecule has 7 heteroatoms. The van der Waals surface area contributed by atoms with Crippen LogP contribution < -0.4 is 5.32 Å². The lowest BCUT2D eigenvalue weighted by molar-refractivity contribution is -0.123. The quantitative estimate of drug-likeness (QED) is 0.540. The van der Waals surface area contributed by atoms with E-state index in [-0.39, 0.29) is 29.4 Å². The number of likely N-dealkylation sites (tertiary alicyclic amines) is 1. The summed E-state index contributed by atoms with van der Waals surface area (Å²) in [6, 6.07) is 14.1. The number of pyridine rings is 1. The van der Waals surface area contributed by atoms with Crippen LogP contribution in [-0.2, 0) is 21.6 Å². The highest BCUT2D eigenvalue weighted by Crippen LogP contribution is 2.52. The molecule has 0 saturated carbocycles. The SMILES string of the molecule is CCC(=O)N[C@@H]1c2ccccc2C2(CCN(C(=O)c3sccc3C)CC2)[C@H]1OCc1cccnc1. The summed E-state index contributed by atoms with van der Waals surface area (Å²) in [7, 11) is 0. The molecule has 35 heavy (non-hydrogen) atoms. The third-order valence-corrected chi connectivity index (χ3v) is 8.47. The van der Waals surface area contributed by atoms with Crippen LogP contribution in [0.2, 0.25) is 0 Å². The minimum absolute atomic E-state index is 0.0117. The summed E-state index contributed by atoms with van der Waals surface area (Å²) < 4.78 is 6.65. The maximum absolute atomic E-state index is 13.2.